The molecule has 5 nitrogen and oxygen atoms in total. The third-order valence-corrected chi connectivity index (χ3v) is 2.92. The number of nitrogens with zero attached hydrogens (tertiary/aromatic N) is 2. The van der Waals surface area contributed by atoms with Crippen LogP contribution in [-0.2, 0) is 11.2 Å². The number of rotatable bonds is 4. The summed E-state index contributed by atoms with van der Waals surface area (Å²) in [5.74, 6) is 1.39. The lowest BCUT2D eigenvalue weighted by molar-refractivity contribution is -0.00459. The summed E-state index contributed by atoms with van der Waals surface area (Å²) in [5, 5.41) is 7.12. The van der Waals surface area contributed by atoms with Gasteiger partial charge in [-0.15, -0.1) is 12.4 Å². The van der Waals surface area contributed by atoms with E-state index in [0.29, 0.717) is 11.9 Å². The highest BCUT2D eigenvalue weighted by atomic mass is 35.5. The van der Waals surface area contributed by atoms with Gasteiger partial charge in [0.1, 0.15) is 6.10 Å². The van der Waals surface area contributed by atoms with Gasteiger partial charge in [-0.1, -0.05) is 5.16 Å². The summed E-state index contributed by atoms with van der Waals surface area (Å²) >= 11 is 0. The van der Waals surface area contributed by atoms with E-state index in [1.54, 1.807) is 0 Å². The van der Waals surface area contributed by atoms with Gasteiger partial charge in [0.15, 0.2) is 5.82 Å². The van der Waals surface area contributed by atoms with Crippen molar-refractivity contribution in [3.8, 4) is 0 Å². The van der Waals surface area contributed by atoms with Crippen LogP contribution in [0.15, 0.2) is 4.52 Å². The maximum Gasteiger partial charge on any atom is 0.255 e. The Hall–Kier alpha value is -0.650. The summed E-state index contributed by atoms with van der Waals surface area (Å²) in [4.78, 5) is 4.38. The zero-order valence-electron chi connectivity index (χ0n) is 10.3. The van der Waals surface area contributed by atoms with Crippen LogP contribution in [0.1, 0.15) is 44.0 Å². The maximum atomic E-state index is 5.60. The van der Waals surface area contributed by atoms with Crippen LogP contribution in [0.25, 0.3) is 0 Å². The fourth-order valence-corrected chi connectivity index (χ4v) is 1.79. The van der Waals surface area contributed by atoms with Gasteiger partial charge in [0.25, 0.3) is 5.89 Å². The van der Waals surface area contributed by atoms with Gasteiger partial charge >= 0.3 is 0 Å². The number of hydrogen-bond donors (Lipinski definition) is 1. The van der Waals surface area contributed by atoms with E-state index in [0.717, 1.165) is 31.7 Å². The Morgan fingerprint density at radius 2 is 2.29 bits per heavy atom. The monoisotopic (exact) mass is 261 g/mol. The molecule has 0 amide bonds. The summed E-state index contributed by atoms with van der Waals surface area (Å²) in [6, 6.07) is 0.359. The molecule has 1 aliphatic heterocycles. The molecule has 1 aromatic heterocycles. The van der Waals surface area contributed by atoms with Crippen molar-refractivity contribution in [3.63, 3.8) is 0 Å². The van der Waals surface area contributed by atoms with Gasteiger partial charge in [-0.05, 0) is 33.2 Å². The largest absolute Gasteiger partial charge is 0.368 e. The van der Waals surface area contributed by atoms with Crippen LogP contribution in [0.5, 0.6) is 0 Å². The molecule has 2 rings (SSSR count). The number of hydrogen-bond acceptors (Lipinski definition) is 5. The molecule has 0 spiro atoms. The number of likely N-dealkylation sites (N-methyl/N-ethyl adjacent to an activating group) is 1. The Labute approximate surface area is 108 Å². The molecule has 2 unspecified atom stereocenters. The molecule has 0 saturated carbocycles. The van der Waals surface area contributed by atoms with Gasteiger partial charge in [-0.3, -0.25) is 0 Å². The van der Waals surface area contributed by atoms with Crippen LogP contribution in [-0.4, -0.2) is 29.8 Å². The van der Waals surface area contributed by atoms with Crippen molar-refractivity contribution in [1.82, 2.24) is 15.5 Å². The van der Waals surface area contributed by atoms with Gasteiger partial charge in [-0.25, -0.2) is 0 Å². The summed E-state index contributed by atoms with van der Waals surface area (Å²) in [7, 11) is 1.93. The van der Waals surface area contributed by atoms with Crippen LogP contribution >= 0.6 is 12.4 Å². The number of ether oxygens (including phenoxy) is 1. The molecule has 1 fully saturated rings. The minimum Gasteiger partial charge on any atom is -0.368 e. The van der Waals surface area contributed by atoms with Crippen LogP contribution in [0.3, 0.4) is 0 Å². The quantitative estimate of drug-likeness (QED) is 0.897. The lowest BCUT2D eigenvalue weighted by Gasteiger charge is -2.18. The fourth-order valence-electron chi connectivity index (χ4n) is 1.79. The Morgan fingerprint density at radius 3 is 2.94 bits per heavy atom. The molecule has 1 saturated heterocycles. The lowest BCUT2D eigenvalue weighted by atomic mass is 10.1. The Bertz CT molecular complexity index is 326. The topological polar surface area (TPSA) is 60.2 Å². The Morgan fingerprint density at radius 1 is 1.47 bits per heavy atom. The first-order valence-corrected chi connectivity index (χ1v) is 5.91. The van der Waals surface area contributed by atoms with E-state index in [9.17, 15) is 0 Å². The molecule has 1 N–H and O–H groups in total. The molecule has 98 valence electrons. The van der Waals surface area contributed by atoms with E-state index in [2.05, 4.69) is 22.4 Å². The third kappa shape index (κ3) is 3.94. The van der Waals surface area contributed by atoms with Gasteiger partial charge in [0.05, 0.1) is 0 Å². The zero-order valence-corrected chi connectivity index (χ0v) is 11.1. The molecule has 0 aliphatic carbocycles. The molecule has 1 aliphatic rings. The van der Waals surface area contributed by atoms with Crippen LogP contribution in [0.2, 0.25) is 0 Å². The molecule has 6 heteroatoms. The molecule has 0 aromatic carbocycles. The number of nitrogens with one attached hydrogen (secondary N) is 1. The first-order valence-electron chi connectivity index (χ1n) is 5.91. The third-order valence-electron chi connectivity index (χ3n) is 2.92. The van der Waals surface area contributed by atoms with E-state index in [4.69, 9.17) is 9.26 Å². The average Bonchev–Trinajstić information content (AvgIpc) is 2.78. The van der Waals surface area contributed by atoms with Crippen molar-refractivity contribution in [2.75, 3.05) is 13.7 Å². The first-order chi connectivity index (χ1) is 7.79. The zero-order chi connectivity index (χ0) is 11.4. The minimum atomic E-state index is 0. The Kier molecular flexibility index (Phi) is 5.88. The van der Waals surface area contributed by atoms with Crippen LogP contribution in [0, 0.1) is 0 Å². The highest BCUT2D eigenvalue weighted by molar-refractivity contribution is 5.85. The van der Waals surface area contributed by atoms with Crippen LogP contribution < -0.4 is 5.32 Å². The predicted octanol–water partition coefficient (Wildman–Crippen LogP) is 1.88. The van der Waals surface area contributed by atoms with Gasteiger partial charge in [0.2, 0.25) is 0 Å². The molecule has 1 aromatic rings. The fraction of sp³-hybridized carbons (Fsp3) is 0.818. The summed E-state index contributed by atoms with van der Waals surface area (Å²) in [5.41, 5.74) is 0. The smallest absolute Gasteiger partial charge is 0.255 e. The summed E-state index contributed by atoms with van der Waals surface area (Å²) in [6.07, 6.45) is 4.10. The standard InChI is InChI=1S/C11H19N3O2.ClH/c1-8(12-2)7-10-13-11(16-14-10)9-5-3-4-6-15-9;/h8-9,12H,3-7H2,1-2H3;1H. The highest BCUT2D eigenvalue weighted by Crippen LogP contribution is 2.26. The van der Waals surface area contributed by atoms with Crippen molar-refractivity contribution in [3.05, 3.63) is 11.7 Å². The first kappa shape index (κ1) is 14.4. The molecular weight excluding hydrogens is 242 g/mol. The van der Waals surface area contributed by atoms with E-state index < -0.39 is 0 Å². The number of aromatic nitrogens is 2. The Balaban J connectivity index is 0.00000144. The summed E-state index contributed by atoms with van der Waals surface area (Å²) < 4.78 is 10.8. The predicted molar refractivity (Wildman–Crippen MR) is 66.3 cm³/mol. The van der Waals surface area contributed by atoms with E-state index in [1.807, 2.05) is 7.05 Å². The van der Waals surface area contributed by atoms with Gasteiger partial charge < -0.3 is 14.6 Å². The van der Waals surface area contributed by atoms with Crippen LogP contribution in [0.4, 0.5) is 0 Å². The molecular formula is C11H20ClN3O2. The van der Waals surface area contributed by atoms with Crippen molar-refractivity contribution in [2.24, 2.45) is 0 Å². The molecule has 17 heavy (non-hydrogen) atoms. The molecule has 2 atom stereocenters. The normalized spacial score (nSPS) is 21.9. The molecule has 0 bridgehead atoms. The van der Waals surface area contributed by atoms with Gasteiger partial charge in [-0.2, -0.15) is 4.98 Å². The van der Waals surface area contributed by atoms with Crippen molar-refractivity contribution >= 4 is 12.4 Å². The van der Waals surface area contributed by atoms with Crippen molar-refractivity contribution in [2.45, 2.75) is 44.8 Å². The molecule has 2 heterocycles. The van der Waals surface area contributed by atoms with Crippen molar-refractivity contribution < 1.29 is 9.26 Å². The second kappa shape index (κ2) is 6.93. The van der Waals surface area contributed by atoms with E-state index in [1.165, 1.54) is 6.42 Å². The lowest BCUT2D eigenvalue weighted by Crippen LogP contribution is -2.24. The van der Waals surface area contributed by atoms with E-state index >= 15 is 0 Å². The summed E-state index contributed by atoms with van der Waals surface area (Å²) in [6.45, 7) is 2.89. The van der Waals surface area contributed by atoms with Gasteiger partial charge in [0, 0.05) is 19.1 Å². The molecule has 0 radical (unpaired) electrons. The van der Waals surface area contributed by atoms with Crippen molar-refractivity contribution in [1.29, 1.82) is 0 Å². The van der Waals surface area contributed by atoms with E-state index in [-0.39, 0.29) is 18.5 Å². The highest BCUT2D eigenvalue weighted by Gasteiger charge is 2.22. The SMILES string of the molecule is CNC(C)Cc1noc(C2CCCCO2)n1.Cl. The average molecular weight is 262 g/mol. The number of halogens is 1. The second-order valence-corrected chi connectivity index (χ2v) is 4.30. The maximum absolute atomic E-state index is 5.60. The minimum absolute atomic E-state index is 0. The second-order valence-electron chi connectivity index (χ2n) is 4.30.